The van der Waals surface area contributed by atoms with Gasteiger partial charge in [-0.05, 0) is 49.2 Å². The summed E-state index contributed by atoms with van der Waals surface area (Å²) in [6.07, 6.45) is 5.83. The van der Waals surface area contributed by atoms with E-state index in [0.717, 1.165) is 17.4 Å². The van der Waals surface area contributed by atoms with E-state index in [9.17, 15) is 8.42 Å². The number of pyridine rings is 2. The van der Waals surface area contributed by atoms with E-state index in [4.69, 9.17) is 21.9 Å². The predicted molar refractivity (Wildman–Crippen MR) is 110 cm³/mol. The van der Waals surface area contributed by atoms with Crippen molar-refractivity contribution in [3.63, 3.8) is 0 Å². The van der Waals surface area contributed by atoms with Gasteiger partial charge in [0, 0.05) is 23.6 Å². The summed E-state index contributed by atoms with van der Waals surface area (Å²) in [5.74, 6) is 0.364. The Bertz CT molecular complexity index is 1010. The van der Waals surface area contributed by atoms with Crippen molar-refractivity contribution in [1.82, 2.24) is 9.97 Å². The van der Waals surface area contributed by atoms with Crippen LogP contribution in [0.2, 0.25) is 5.15 Å². The van der Waals surface area contributed by atoms with Gasteiger partial charge in [-0.25, -0.2) is 18.4 Å². The fraction of sp³-hybridized carbons (Fsp3) is 0.556. The number of sulfone groups is 1. The van der Waals surface area contributed by atoms with Crippen LogP contribution in [0.4, 0.5) is 0 Å². The van der Waals surface area contributed by atoms with Gasteiger partial charge in [-0.3, -0.25) is 0 Å². The Hall–Kier alpha value is -2.09. The Morgan fingerprint density at radius 1 is 1.36 bits per heavy atom. The average Bonchev–Trinajstić information content (AvgIpc) is 2.59. The molecule has 0 aliphatic heterocycles. The van der Waals surface area contributed by atoms with E-state index in [1.165, 1.54) is 6.26 Å². The molecule has 152 valence electrons. The number of hydrogen-bond acceptors (Lipinski definition) is 6. The van der Waals surface area contributed by atoms with Gasteiger partial charge in [-0.1, -0.05) is 30.1 Å². The third kappa shape index (κ3) is 5.47. The maximum atomic E-state index is 11.4. The molecule has 0 amide bonds. The van der Waals surface area contributed by atoms with Crippen LogP contribution in [0.5, 0.6) is 5.88 Å². The summed E-state index contributed by atoms with van der Waals surface area (Å²) >= 11 is 6.11. The molecule has 0 bridgehead atoms. The van der Waals surface area contributed by atoms with Gasteiger partial charge in [-0.2, -0.15) is 0 Å². The molecule has 2 heterocycles. The summed E-state index contributed by atoms with van der Waals surface area (Å²) in [5.41, 5.74) is 8.99. The molecule has 2 rings (SSSR count). The second-order valence-corrected chi connectivity index (χ2v) is 9.74. The molecule has 0 saturated carbocycles. The minimum absolute atomic E-state index is 0.0275. The van der Waals surface area contributed by atoms with Crippen LogP contribution in [0.15, 0.2) is 23.6 Å². The zero-order valence-electron chi connectivity index (χ0n) is 16.4. The molecule has 2 unspecified atom stereocenters. The van der Waals surface area contributed by atoms with Crippen molar-refractivity contribution in [3.8, 4) is 5.88 Å². The Labute approximate surface area is 169 Å². The average molecular weight is 426 g/mol. The minimum atomic E-state index is -3.08. The van der Waals surface area contributed by atoms with Crippen LogP contribution in [-0.4, -0.2) is 36.5 Å². The molecule has 0 fully saturated rings. The lowest BCUT2D eigenvalue weighted by Gasteiger charge is -2.26. The number of fused-ring (bicyclic) bond motifs is 1. The molecule has 0 aliphatic carbocycles. The van der Waals surface area contributed by atoms with Gasteiger partial charge in [0.25, 0.3) is 0 Å². The predicted octanol–water partition coefficient (Wildman–Crippen LogP) is 4.81. The van der Waals surface area contributed by atoms with Crippen molar-refractivity contribution in [3.05, 3.63) is 39.6 Å². The smallest absolute Gasteiger partial charge is 0.223 e. The van der Waals surface area contributed by atoms with Crippen LogP contribution in [0.3, 0.4) is 0 Å². The van der Waals surface area contributed by atoms with E-state index in [1.807, 2.05) is 13.8 Å². The molecule has 0 spiro atoms. The molecule has 2 atom stereocenters. The molecule has 28 heavy (non-hydrogen) atoms. The minimum Gasteiger partial charge on any atom is -0.474 e. The molecular formula is C18H24ClN5O3S. The molecule has 10 heteroatoms. The number of rotatable bonds is 9. The highest BCUT2D eigenvalue weighted by Gasteiger charge is 2.28. The van der Waals surface area contributed by atoms with Crippen molar-refractivity contribution in [2.24, 2.45) is 5.11 Å². The van der Waals surface area contributed by atoms with Gasteiger partial charge in [0.1, 0.15) is 15.0 Å². The molecular weight excluding hydrogens is 402 g/mol. The van der Waals surface area contributed by atoms with Crippen LogP contribution in [0.25, 0.3) is 21.2 Å². The molecule has 2 aromatic rings. The summed E-state index contributed by atoms with van der Waals surface area (Å²) < 4.78 is 28.6. The standard InChI is InChI=1S/C18H24ClN5O3S/c1-5-7-18(3,23-24-20)15-11-22-17(14-10-21-16(19)9-13(14)15)27-12(2)6-8-28(4,25)26/h9-12H,5-8H2,1-4H3. The Morgan fingerprint density at radius 2 is 2.07 bits per heavy atom. The van der Waals surface area contributed by atoms with Crippen LogP contribution < -0.4 is 4.74 Å². The molecule has 0 saturated heterocycles. The highest BCUT2D eigenvalue weighted by molar-refractivity contribution is 7.90. The first kappa shape index (κ1) is 22.2. The number of aromatic nitrogens is 2. The monoisotopic (exact) mass is 425 g/mol. The van der Waals surface area contributed by atoms with Crippen LogP contribution in [0.1, 0.15) is 45.6 Å². The second kappa shape index (κ2) is 8.94. The number of hydrogen-bond donors (Lipinski definition) is 0. The van der Waals surface area contributed by atoms with Gasteiger partial charge < -0.3 is 4.74 Å². The van der Waals surface area contributed by atoms with Gasteiger partial charge in [0.05, 0.1) is 22.8 Å². The summed E-state index contributed by atoms with van der Waals surface area (Å²) in [6, 6.07) is 1.70. The first-order valence-corrected chi connectivity index (χ1v) is 11.4. The highest BCUT2D eigenvalue weighted by Crippen LogP contribution is 2.38. The summed E-state index contributed by atoms with van der Waals surface area (Å²) in [6.45, 7) is 5.66. The van der Waals surface area contributed by atoms with Gasteiger partial charge in [0.15, 0.2) is 0 Å². The summed E-state index contributed by atoms with van der Waals surface area (Å²) in [7, 11) is -3.08. The maximum absolute atomic E-state index is 11.4. The highest BCUT2D eigenvalue weighted by atomic mass is 35.5. The molecule has 0 aromatic carbocycles. The first-order valence-electron chi connectivity index (χ1n) is 8.95. The Balaban J connectivity index is 2.51. The fourth-order valence-corrected chi connectivity index (χ4v) is 3.98. The lowest BCUT2D eigenvalue weighted by molar-refractivity contribution is 0.212. The van der Waals surface area contributed by atoms with E-state index in [0.29, 0.717) is 29.3 Å². The number of azide groups is 1. The Kier molecular flexibility index (Phi) is 7.09. The van der Waals surface area contributed by atoms with E-state index >= 15 is 0 Å². The van der Waals surface area contributed by atoms with E-state index in [-0.39, 0.29) is 11.9 Å². The first-order chi connectivity index (χ1) is 13.1. The second-order valence-electron chi connectivity index (χ2n) is 7.09. The van der Waals surface area contributed by atoms with Crippen molar-refractivity contribution in [1.29, 1.82) is 0 Å². The van der Waals surface area contributed by atoms with Gasteiger partial charge >= 0.3 is 0 Å². The number of nitrogens with zero attached hydrogens (tertiary/aromatic N) is 5. The quantitative estimate of drug-likeness (QED) is 0.247. The molecule has 0 aliphatic rings. The lowest BCUT2D eigenvalue weighted by Crippen LogP contribution is -2.20. The van der Waals surface area contributed by atoms with Crippen molar-refractivity contribution in [2.75, 3.05) is 12.0 Å². The van der Waals surface area contributed by atoms with E-state index in [1.54, 1.807) is 25.4 Å². The largest absolute Gasteiger partial charge is 0.474 e. The topological polar surface area (TPSA) is 118 Å². The normalized spacial score (nSPS) is 14.9. The van der Waals surface area contributed by atoms with Crippen molar-refractivity contribution in [2.45, 2.75) is 51.7 Å². The van der Waals surface area contributed by atoms with Gasteiger partial charge in [-0.15, -0.1) is 0 Å². The lowest BCUT2D eigenvalue weighted by atomic mass is 9.87. The van der Waals surface area contributed by atoms with E-state index < -0.39 is 15.4 Å². The molecule has 8 nitrogen and oxygen atoms in total. The molecule has 2 aromatic heterocycles. The molecule has 0 radical (unpaired) electrons. The van der Waals surface area contributed by atoms with Crippen LogP contribution in [0, 0.1) is 0 Å². The molecule has 0 N–H and O–H groups in total. The SMILES string of the molecule is CCCC(C)(N=[N+]=[N-])c1cnc(OC(C)CCS(C)(=O)=O)c2cnc(Cl)cc12. The van der Waals surface area contributed by atoms with Gasteiger partial charge in [0.2, 0.25) is 5.88 Å². The summed E-state index contributed by atoms with van der Waals surface area (Å²) in [5, 5.41) is 5.68. The summed E-state index contributed by atoms with van der Waals surface area (Å²) in [4.78, 5) is 11.5. The zero-order chi connectivity index (χ0) is 20.9. The van der Waals surface area contributed by atoms with E-state index in [2.05, 4.69) is 20.0 Å². The van der Waals surface area contributed by atoms with Crippen molar-refractivity contribution < 1.29 is 13.2 Å². The fourth-order valence-electron chi connectivity index (χ4n) is 3.06. The van der Waals surface area contributed by atoms with Crippen molar-refractivity contribution >= 4 is 32.2 Å². The van der Waals surface area contributed by atoms with Crippen LogP contribution >= 0.6 is 11.6 Å². The third-order valence-corrected chi connectivity index (χ3v) is 5.68. The maximum Gasteiger partial charge on any atom is 0.223 e. The Morgan fingerprint density at radius 3 is 2.68 bits per heavy atom. The third-order valence-electron chi connectivity index (χ3n) is 4.49. The number of ether oxygens (including phenoxy) is 1. The van der Waals surface area contributed by atoms with Crippen LogP contribution in [-0.2, 0) is 15.4 Å². The number of halogens is 1. The zero-order valence-corrected chi connectivity index (χ0v) is 18.0.